The summed E-state index contributed by atoms with van der Waals surface area (Å²) >= 11 is 0. The van der Waals surface area contributed by atoms with Crippen molar-refractivity contribution < 1.29 is 24.3 Å². The number of anilines is 1. The molecule has 21 heavy (non-hydrogen) atoms. The zero-order valence-corrected chi connectivity index (χ0v) is 11.1. The van der Waals surface area contributed by atoms with Crippen LogP contribution >= 0.6 is 0 Å². The molecule has 0 fully saturated rings. The summed E-state index contributed by atoms with van der Waals surface area (Å²) in [6.45, 7) is 0. The van der Waals surface area contributed by atoms with Gasteiger partial charge in [0.2, 0.25) is 5.91 Å². The van der Waals surface area contributed by atoms with Crippen LogP contribution in [-0.4, -0.2) is 46.8 Å². The Balaban J connectivity index is 2.49. The molecule has 1 aromatic rings. The SMILES string of the molecule is CNc1cccc2c1C(=O)N(C(CC(N)=O)C(=O)O)C2=O. The monoisotopic (exact) mass is 291 g/mol. The van der Waals surface area contributed by atoms with E-state index < -0.39 is 36.2 Å². The Labute approximate surface area is 119 Å². The van der Waals surface area contributed by atoms with Crippen LogP contribution < -0.4 is 11.1 Å². The summed E-state index contributed by atoms with van der Waals surface area (Å²) in [5.41, 5.74) is 5.60. The zero-order chi connectivity index (χ0) is 15.7. The molecule has 0 saturated heterocycles. The second-order valence-corrected chi connectivity index (χ2v) is 4.48. The standard InChI is InChI=1S/C13H13N3O5/c1-15-7-4-2-3-6-10(7)12(19)16(11(6)18)8(13(20)21)5-9(14)17/h2-4,8,15H,5H2,1H3,(H2,14,17)(H,20,21). The van der Waals surface area contributed by atoms with E-state index in [4.69, 9.17) is 10.8 Å². The number of imide groups is 1. The quantitative estimate of drug-likeness (QED) is 0.636. The fraction of sp³-hybridized carbons (Fsp3) is 0.231. The number of nitrogens with one attached hydrogen (secondary N) is 1. The zero-order valence-electron chi connectivity index (χ0n) is 11.1. The van der Waals surface area contributed by atoms with Crippen LogP contribution in [0.2, 0.25) is 0 Å². The number of carbonyl (C=O) groups is 4. The van der Waals surface area contributed by atoms with E-state index in [1.165, 1.54) is 6.07 Å². The van der Waals surface area contributed by atoms with Crippen LogP contribution in [0.15, 0.2) is 18.2 Å². The van der Waals surface area contributed by atoms with Crippen molar-refractivity contribution in [2.45, 2.75) is 12.5 Å². The van der Waals surface area contributed by atoms with Gasteiger partial charge in [-0.25, -0.2) is 4.79 Å². The summed E-state index contributed by atoms with van der Waals surface area (Å²) < 4.78 is 0. The minimum atomic E-state index is -1.61. The van der Waals surface area contributed by atoms with Gasteiger partial charge < -0.3 is 16.2 Å². The molecule has 4 N–H and O–H groups in total. The number of benzene rings is 1. The summed E-state index contributed by atoms with van der Waals surface area (Å²) in [4.78, 5) is 47.4. The van der Waals surface area contributed by atoms with Gasteiger partial charge in [0.1, 0.15) is 6.04 Å². The molecule has 0 aliphatic carbocycles. The third kappa shape index (κ3) is 2.31. The largest absolute Gasteiger partial charge is 0.480 e. The Morgan fingerprint density at radius 3 is 2.52 bits per heavy atom. The number of hydrogen-bond donors (Lipinski definition) is 3. The summed E-state index contributed by atoms with van der Waals surface area (Å²) in [6.07, 6.45) is -0.629. The maximum Gasteiger partial charge on any atom is 0.327 e. The molecule has 1 atom stereocenters. The van der Waals surface area contributed by atoms with Gasteiger partial charge in [-0.3, -0.25) is 19.3 Å². The number of carbonyl (C=O) groups excluding carboxylic acids is 3. The molecule has 1 aliphatic rings. The predicted octanol–water partition coefficient (Wildman–Crippen LogP) is -0.347. The average molecular weight is 291 g/mol. The van der Waals surface area contributed by atoms with Crippen LogP contribution in [0.3, 0.4) is 0 Å². The number of carboxylic acid groups (broad SMARTS) is 1. The van der Waals surface area contributed by atoms with Crippen LogP contribution in [0.5, 0.6) is 0 Å². The van der Waals surface area contributed by atoms with E-state index in [1.807, 2.05) is 0 Å². The van der Waals surface area contributed by atoms with Gasteiger partial charge >= 0.3 is 5.97 Å². The maximum absolute atomic E-state index is 12.4. The third-order valence-electron chi connectivity index (χ3n) is 3.21. The molecule has 0 spiro atoms. The summed E-state index contributed by atoms with van der Waals surface area (Å²) in [5, 5.41) is 11.9. The van der Waals surface area contributed by atoms with Crippen molar-refractivity contribution in [1.82, 2.24) is 4.90 Å². The van der Waals surface area contributed by atoms with Gasteiger partial charge in [0.25, 0.3) is 11.8 Å². The molecule has 1 aromatic carbocycles. The lowest BCUT2D eigenvalue weighted by molar-refractivity contribution is -0.143. The molecule has 0 saturated carbocycles. The molecule has 2 rings (SSSR count). The molecular weight excluding hydrogens is 278 g/mol. The van der Waals surface area contributed by atoms with Gasteiger partial charge in [-0.1, -0.05) is 6.07 Å². The minimum absolute atomic E-state index is 0.0979. The number of amides is 3. The minimum Gasteiger partial charge on any atom is -0.480 e. The number of nitrogens with two attached hydrogens (primary N) is 1. The molecular formula is C13H13N3O5. The van der Waals surface area contributed by atoms with Crippen molar-refractivity contribution in [3.8, 4) is 0 Å². The van der Waals surface area contributed by atoms with Crippen LogP contribution in [0.4, 0.5) is 5.69 Å². The highest BCUT2D eigenvalue weighted by atomic mass is 16.4. The normalized spacial score (nSPS) is 14.8. The maximum atomic E-state index is 12.4. The van der Waals surface area contributed by atoms with E-state index in [9.17, 15) is 19.2 Å². The van der Waals surface area contributed by atoms with Gasteiger partial charge in [0.05, 0.1) is 17.5 Å². The average Bonchev–Trinajstić information content (AvgIpc) is 2.68. The molecule has 0 radical (unpaired) electrons. The van der Waals surface area contributed by atoms with Crippen molar-refractivity contribution >= 4 is 29.4 Å². The Bertz CT molecular complexity index is 655. The number of fused-ring (bicyclic) bond motifs is 1. The van der Waals surface area contributed by atoms with Crippen molar-refractivity contribution in [2.24, 2.45) is 5.73 Å². The van der Waals surface area contributed by atoms with Gasteiger partial charge in [-0.05, 0) is 12.1 Å². The van der Waals surface area contributed by atoms with Crippen molar-refractivity contribution in [3.05, 3.63) is 29.3 Å². The summed E-state index contributed by atoms with van der Waals surface area (Å²) in [5.74, 6) is -3.88. The van der Waals surface area contributed by atoms with Crippen molar-refractivity contribution in [1.29, 1.82) is 0 Å². The fourth-order valence-electron chi connectivity index (χ4n) is 2.27. The lowest BCUT2D eigenvalue weighted by Crippen LogP contribution is -2.46. The Morgan fingerprint density at radius 1 is 1.33 bits per heavy atom. The van der Waals surface area contributed by atoms with Gasteiger partial charge in [0, 0.05) is 12.7 Å². The van der Waals surface area contributed by atoms with E-state index in [0.29, 0.717) is 10.6 Å². The molecule has 0 bridgehead atoms. The topological polar surface area (TPSA) is 130 Å². The first kappa shape index (κ1) is 14.5. The van der Waals surface area contributed by atoms with Crippen molar-refractivity contribution in [2.75, 3.05) is 12.4 Å². The highest BCUT2D eigenvalue weighted by Gasteiger charge is 2.44. The fourth-order valence-corrected chi connectivity index (χ4v) is 2.27. The number of rotatable bonds is 5. The molecule has 1 aliphatic heterocycles. The molecule has 3 amide bonds. The second kappa shape index (κ2) is 5.23. The predicted molar refractivity (Wildman–Crippen MR) is 71.7 cm³/mol. The van der Waals surface area contributed by atoms with Crippen molar-refractivity contribution in [3.63, 3.8) is 0 Å². The van der Waals surface area contributed by atoms with E-state index >= 15 is 0 Å². The van der Waals surface area contributed by atoms with Gasteiger partial charge in [-0.15, -0.1) is 0 Å². The number of primary amides is 1. The highest BCUT2D eigenvalue weighted by Crippen LogP contribution is 2.31. The van der Waals surface area contributed by atoms with Crippen LogP contribution in [0, 0.1) is 0 Å². The lowest BCUT2D eigenvalue weighted by Gasteiger charge is -2.21. The Hall–Kier alpha value is -2.90. The smallest absolute Gasteiger partial charge is 0.327 e. The van der Waals surface area contributed by atoms with Gasteiger partial charge in [-0.2, -0.15) is 0 Å². The number of carboxylic acids is 1. The molecule has 8 nitrogen and oxygen atoms in total. The first-order valence-corrected chi connectivity index (χ1v) is 6.08. The highest BCUT2D eigenvalue weighted by molar-refractivity contribution is 6.25. The van der Waals surface area contributed by atoms with E-state index in [-0.39, 0.29) is 11.1 Å². The summed E-state index contributed by atoms with van der Waals surface area (Å²) in [6, 6.07) is 2.99. The second-order valence-electron chi connectivity index (χ2n) is 4.48. The Morgan fingerprint density at radius 2 is 2.00 bits per heavy atom. The van der Waals surface area contributed by atoms with E-state index in [1.54, 1.807) is 19.2 Å². The molecule has 8 heteroatoms. The van der Waals surface area contributed by atoms with Crippen LogP contribution in [0.1, 0.15) is 27.1 Å². The molecule has 1 heterocycles. The van der Waals surface area contributed by atoms with E-state index in [2.05, 4.69) is 5.32 Å². The Kier molecular flexibility index (Phi) is 3.62. The summed E-state index contributed by atoms with van der Waals surface area (Å²) in [7, 11) is 1.58. The first-order chi connectivity index (χ1) is 9.88. The first-order valence-electron chi connectivity index (χ1n) is 6.08. The molecule has 1 unspecified atom stereocenters. The molecule has 110 valence electrons. The lowest BCUT2D eigenvalue weighted by atomic mass is 10.1. The third-order valence-corrected chi connectivity index (χ3v) is 3.21. The number of aliphatic carboxylic acids is 1. The van der Waals surface area contributed by atoms with E-state index in [0.717, 1.165) is 0 Å². The molecule has 0 aromatic heterocycles. The van der Waals surface area contributed by atoms with Gasteiger partial charge in [0.15, 0.2) is 0 Å². The van der Waals surface area contributed by atoms with Crippen LogP contribution in [0.25, 0.3) is 0 Å². The number of nitrogens with zero attached hydrogens (tertiary/aromatic N) is 1. The van der Waals surface area contributed by atoms with Crippen LogP contribution in [-0.2, 0) is 9.59 Å². The number of hydrogen-bond acceptors (Lipinski definition) is 5.